The first-order valence-electron chi connectivity index (χ1n) is 6.35. The van der Waals surface area contributed by atoms with Gasteiger partial charge in [-0.2, -0.15) is 0 Å². The van der Waals surface area contributed by atoms with Gasteiger partial charge >= 0.3 is 0 Å². The Kier molecular flexibility index (Phi) is 4.33. The molecule has 0 aliphatic carbocycles. The molecular weight excluding hydrogens is 256 g/mol. The van der Waals surface area contributed by atoms with Crippen LogP contribution in [-0.2, 0) is 0 Å². The fourth-order valence-electron chi connectivity index (χ4n) is 1.97. The summed E-state index contributed by atoms with van der Waals surface area (Å²) in [5, 5.41) is 4.25. The highest BCUT2D eigenvalue weighted by Crippen LogP contribution is 2.23. The van der Waals surface area contributed by atoms with E-state index in [9.17, 15) is 0 Å². The van der Waals surface area contributed by atoms with Gasteiger partial charge in [-0.15, -0.1) is 0 Å². The average Bonchev–Trinajstić information content (AvgIpc) is 2.39. The Balaban J connectivity index is 2.08. The fourth-order valence-corrected chi connectivity index (χ4v) is 2.16. The largest absolute Gasteiger partial charge is 0.379 e. The minimum atomic E-state index is 0.226. The molecule has 0 heterocycles. The lowest BCUT2D eigenvalue weighted by molar-refractivity contribution is 0.885. The molecule has 0 spiro atoms. The molecule has 2 aromatic rings. The van der Waals surface area contributed by atoms with Gasteiger partial charge in [0, 0.05) is 36.5 Å². The zero-order chi connectivity index (χ0) is 13.8. The molecule has 19 heavy (non-hydrogen) atoms. The highest BCUT2D eigenvalue weighted by atomic mass is 35.5. The van der Waals surface area contributed by atoms with E-state index in [0.717, 1.165) is 10.7 Å². The Morgan fingerprint density at radius 2 is 1.74 bits per heavy atom. The SMILES string of the molecule is CC(Nc1ccc(N(C)C)cc1)c1cccc(Cl)c1. The molecule has 0 saturated carbocycles. The van der Waals surface area contributed by atoms with Crippen LogP contribution in [-0.4, -0.2) is 14.1 Å². The molecule has 2 nitrogen and oxygen atoms in total. The lowest BCUT2D eigenvalue weighted by atomic mass is 10.1. The van der Waals surface area contributed by atoms with E-state index in [-0.39, 0.29) is 6.04 Å². The van der Waals surface area contributed by atoms with Gasteiger partial charge < -0.3 is 10.2 Å². The van der Waals surface area contributed by atoms with E-state index in [2.05, 4.69) is 47.5 Å². The second kappa shape index (κ2) is 5.98. The number of rotatable bonds is 4. The Hall–Kier alpha value is -1.67. The summed E-state index contributed by atoms with van der Waals surface area (Å²) >= 11 is 6.01. The fraction of sp³-hybridized carbons (Fsp3) is 0.250. The zero-order valence-corrected chi connectivity index (χ0v) is 12.3. The molecule has 1 atom stereocenters. The van der Waals surface area contributed by atoms with Gasteiger partial charge in [-0.25, -0.2) is 0 Å². The summed E-state index contributed by atoms with van der Waals surface area (Å²) in [4.78, 5) is 2.09. The third-order valence-electron chi connectivity index (χ3n) is 3.12. The maximum atomic E-state index is 6.01. The van der Waals surface area contributed by atoms with Crippen LogP contribution in [0.5, 0.6) is 0 Å². The molecule has 0 fully saturated rings. The summed E-state index contributed by atoms with van der Waals surface area (Å²) in [6, 6.07) is 16.6. The molecular formula is C16H19ClN2. The van der Waals surface area contributed by atoms with Crippen LogP contribution in [0.2, 0.25) is 5.02 Å². The average molecular weight is 275 g/mol. The van der Waals surface area contributed by atoms with Gasteiger partial charge in [-0.1, -0.05) is 23.7 Å². The summed E-state index contributed by atoms with van der Waals surface area (Å²) in [5.41, 5.74) is 3.49. The van der Waals surface area contributed by atoms with Crippen molar-refractivity contribution in [2.45, 2.75) is 13.0 Å². The van der Waals surface area contributed by atoms with Gasteiger partial charge in [0.2, 0.25) is 0 Å². The lowest BCUT2D eigenvalue weighted by Crippen LogP contribution is -2.09. The van der Waals surface area contributed by atoms with Crippen molar-refractivity contribution in [3.63, 3.8) is 0 Å². The molecule has 2 rings (SSSR count). The summed E-state index contributed by atoms with van der Waals surface area (Å²) in [6.45, 7) is 2.13. The van der Waals surface area contributed by atoms with Gasteiger partial charge in [0.15, 0.2) is 0 Å². The molecule has 0 aliphatic rings. The van der Waals surface area contributed by atoms with Crippen molar-refractivity contribution >= 4 is 23.0 Å². The van der Waals surface area contributed by atoms with Crippen molar-refractivity contribution in [2.75, 3.05) is 24.3 Å². The van der Waals surface area contributed by atoms with Crippen LogP contribution in [0.25, 0.3) is 0 Å². The first-order chi connectivity index (χ1) is 9.06. The van der Waals surface area contributed by atoms with Gasteiger partial charge in [0.05, 0.1) is 0 Å². The third kappa shape index (κ3) is 3.65. The molecule has 0 bridgehead atoms. The quantitative estimate of drug-likeness (QED) is 0.878. The molecule has 2 aromatic carbocycles. The Morgan fingerprint density at radius 1 is 1.05 bits per heavy atom. The first-order valence-corrected chi connectivity index (χ1v) is 6.73. The molecule has 0 radical (unpaired) electrons. The van der Waals surface area contributed by atoms with E-state index in [1.165, 1.54) is 11.3 Å². The van der Waals surface area contributed by atoms with Gasteiger partial charge in [-0.05, 0) is 48.9 Å². The maximum Gasteiger partial charge on any atom is 0.0486 e. The maximum absolute atomic E-state index is 6.01. The van der Waals surface area contributed by atoms with Crippen LogP contribution in [0.15, 0.2) is 48.5 Å². The van der Waals surface area contributed by atoms with Gasteiger partial charge in [-0.3, -0.25) is 0 Å². The minimum Gasteiger partial charge on any atom is -0.379 e. The van der Waals surface area contributed by atoms with E-state index in [4.69, 9.17) is 11.6 Å². The van der Waals surface area contributed by atoms with Crippen LogP contribution in [0.4, 0.5) is 11.4 Å². The Labute approximate surface area is 120 Å². The normalized spacial score (nSPS) is 12.0. The van der Waals surface area contributed by atoms with E-state index >= 15 is 0 Å². The Bertz CT molecular complexity index is 535. The van der Waals surface area contributed by atoms with Crippen molar-refractivity contribution in [2.24, 2.45) is 0 Å². The number of hydrogen-bond donors (Lipinski definition) is 1. The number of hydrogen-bond acceptors (Lipinski definition) is 2. The monoisotopic (exact) mass is 274 g/mol. The van der Waals surface area contributed by atoms with Crippen LogP contribution >= 0.6 is 11.6 Å². The second-order valence-electron chi connectivity index (χ2n) is 4.86. The number of halogens is 1. The molecule has 3 heteroatoms. The topological polar surface area (TPSA) is 15.3 Å². The standard InChI is InChI=1S/C16H19ClN2/c1-12(13-5-4-6-14(17)11-13)18-15-7-9-16(10-8-15)19(2)3/h4-12,18H,1-3H3. The van der Waals surface area contributed by atoms with Gasteiger partial charge in [0.1, 0.15) is 0 Å². The summed E-state index contributed by atoms with van der Waals surface area (Å²) in [6.07, 6.45) is 0. The van der Waals surface area contributed by atoms with Crippen molar-refractivity contribution in [3.8, 4) is 0 Å². The molecule has 0 aliphatic heterocycles. The molecule has 100 valence electrons. The lowest BCUT2D eigenvalue weighted by Gasteiger charge is -2.17. The zero-order valence-electron chi connectivity index (χ0n) is 11.5. The van der Waals surface area contributed by atoms with Crippen LogP contribution in [0, 0.1) is 0 Å². The van der Waals surface area contributed by atoms with Crippen molar-refractivity contribution in [3.05, 3.63) is 59.1 Å². The molecule has 1 N–H and O–H groups in total. The van der Waals surface area contributed by atoms with E-state index in [0.29, 0.717) is 0 Å². The number of nitrogens with zero attached hydrogens (tertiary/aromatic N) is 1. The summed E-state index contributed by atoms with van der Waals surface area (Å²) in [5.74, 6) is 0. The smallest absolute Gasteiger partial charge is 0.0486 e. The van der Waals surface area contributed by atoms with Gasteiger partial charge in [0.25, 0.3) is 0 Å². The predicted molar refractivity (Wildman–Crippen MR) is 84.3 cm³/mol. The number of nitrogens with one attached hydrogen (secondary N) is 1. The highest BCUT2D eigenvalue weighted by molar-refractivity contribution is 6.30. The van der Waals surface area contributed by atoms with Crippen molar-refractivity contribution < 1.29 is 0 Å². The summed E-state index contributed by atoms with van der Waals surface area (Å²) < 4.78 is 0. The van der Waals surface area contributed by atoms with Crippen LogP contribution < -0.4 is 10.2 Å². The van der Waals surface area contributed by atoms with Crippen LogP contribution in [0.1, 0.15) is 18.5 Å². The highest BCUT2D eigenvalue weighted by Gasteiger charge is 2.05. The van der Waals surface area contributed by atoms with Crippen LogP contribution in [0.3, 0.4) is 0 Å². The molecule has 0 saturated heterocycles. The van der Waals surface area contributed by atoms with Crippen molar-refractivity contribution in [1.29, 1.82) is 0 Å². The third-order valence-corrected chi connectivity index (χ3v) is 3.35. The second-order valence-corrected chi connectivity index (χ2v) is 5.30. The van der Waals surface area contributed by atoms with E-state index in [1.54, 1.807) is 0 Å². The van der Waals surface area contributed by atoms with E-state index < -0.39 is 0 Å². The Morgan fingerprint density at radius 3 is 2.32 bits per heavy atom. The molecule has 1 unspecified atom stereocenters. The summed E-state index contributed by atoms with van der Waals surface area (Å²) in [7, 11) is 4.08. The first kappa shape index (κ1) is 13.8. The number of anilines is 2. The number of benzene rings is 2. The van der Waals surface area contributed by atoms with E-state index in [1.807, 2.05) is 32.3 Å². The molecule has 0 amide bonds. The predicted octanol–water partition coefficient (Wildman–Crippen LogP) is 4.58. The minimum absolute atomic E-state index is 0.226. The van der Waals surface area contributed by atoms with Crippen molar-refractivity contribution in [1.82, 2.24) is 0 Å². The molecule has 0 aromatic heterocycles.